The SMILES string of the molecule is CCOC(=O)c1cc2c(Cl)nc3ccccc3c2nc1N. The summed E-state index contributed by atoms with van der Waals surface area (Å²) in [6.45, 7) is 1.99. The van der Waals surface area contributed by atoms with Gasteiger partial charge >= 0.3 is 5.97 Å². The number of nitrogens with zero attached hydrogens (tertiary/aromatic N) is 2. The van der Waals surface area contributed by atoms with Gasteiger partial charge in [-0.3, -0.25) is 0 Å². The van der Waals surface area contributed by atoms with Crippen LogP contribution in [0.5, 0.6) is 0 Å². The second kappa shape index (κ2) is 5.18. The molecule has 2 N–H and O–H groups in total. The maximum atomic E-state index is 11.9. The van der Waals surface area contributed by atoms with Crippen molar-refractivity contribution >= 4 is 45.2 Å². The van der Waals surface area contributed by atoms with Crippen LogP contribution >= 0.6 is 11.6 Å². The maximum absolute atomic E-state index is 11.9. The minimum absolute atomic E-state index is 0.119. The Hall–Kier alpha value is -2.40. The number of fused-ring (bicyclic) bond motifs is 3. The van der Waals surface area contributed by atoms with Crippen LogP contribution in [0, 0.1) is 0 Å². The molecule has 2 heterocycles. The minimum atomic E-state index is -0.520. The highest BCUT2D eigenvalue weighted by Gasteiger charge is 2.16. The molecule has 0 aliphatic rings. The predicted octanol–water partition coefficient (Wildman–Crippen LogP) is 3.20. The normalized spacial score (nSPS) is 11.0. The number of nitrogen functional groups attached to an aromatic ring is 1. The van der Waals surface area contributed by atoms with E-state index in [0.717, 1.165) is 10.9 Å². The first-order valence-electron chi connectivity index (χ1n) is 6.43. The number of hydrogen-bond acceptors (Lipinski definition) is 5. The van der Waals surface area contributed by atoms with E-state index in [-0.39, 0.29) is 23.1 Å². The number of rotatable bonds is 2. The van der Waals surface area contributed by atoms with Crippen LogP contribution in [0.1, 0.15) is 17.3 Å². The van der Waals surface area contributed by atoms with Crippen molar-refractivity contribution in [3.63, 3.8) is 0 Å². The van der Waals surface area contributed by atoms with E-state index >= 15 is 0 Å². The van der Waals surface area contributed by atoms with Gasteiger partial charge < -0.3 is 10.5 Å². The molecular weight excluding hydrogens is 290 g/mol. The zero-order chi connectivity index (χ0) is 15.0. The summed E-state index contributed by atoms with van der Waals surface area (Å²) in [6.07, 6.45) is 0. The van der Waals surface area contributed by atoms with Gasteiger partial charge in [0.1, 0.15) is 16.5 Å². The van der Waals surface area contributed by atoms with Crippen LogP contribution < -0.4 is 5.73 Å². The summed E-state index contributed by atoms with van der Waals surface area (Å²) >= 11 is 6.20. The molecule has 0 amide bonds. The molecule has 1 aromatic carbocycles. The number of aromatic nitrogens is 2. The van der Waals surface area contributed by atoms with Gasteiger partial charge in [0.15, 0.2) is 0 Å². The molecule has 0 fully saturated rings. The quantitative estimate of drug-likeness (QED) is 0.447. The van der Waals surface area contributed by atoms with Gasteiger partial charge in [-0.2, -0.15) is 0 Å². The van der Waals surface area contributed by atoms with Gasteiger partial charge in [0.25, 0.3) is 0 Å². The molecule has 6 heteroatoms. The van der Waals surface area contributed by atoms with E-state index in [0.29, 0.717) is 10.9 Å². The van der Waals surface area contributed by atoms with E-state index in [4.69, 9.17) is 22.1 Å². The van der Waals surface area contributed by atoms with Crippen molar-refractivity contribution in [3.8, 4) is 0 Å². The monoisotopic (exact) mass is 301 g/mol. The smallest absolute Gasteiger partial charge is 0.341 e. The lowest BCUT2D eigenvalue weighted by Crippen LogP contribution is -2.09. The third-order valence-electron chi connectivity index (χ3n) is 3.15. The largest absolute Gasteiger partial charge is 0.462 e. The van der Waals surface area contributed by atoms with Crippen LogP contribution in [0.3, 0.4) is 0 Å². The van der Waals surface area contributed by atoms with Crippen molar-refractivity contribution in [2.24, 2.45) is 0 Å². The average Bonchev–Trinajstić information content (AvgIpc) is 2.47. The van der Waals surface area contributed by atoms with Gasteiger partial charge in [0, 0.05) is 10.8 Å². The summed E-state index contributed by atoms with van der Waals surface area (Å²) in [4.78, 5) is 20.5. The summed E-state index contributed by atoms with van der Waals surface area (Å²) in [6, 6.07) is 9.06. The topological polar surface area (TPSA) is 78.1 Å². The number of ether oxygens (including phenoxy) is 1. The molecule has 5 nitrogen and oxygen atoms in total. The first kappa shape index (κ1) is 13.6. The zero-order valence-electron chi connectivity index (χ0n) is 11.3. The number of anilines is 1. The molecule has 3 aromatic rings. The number of para-hydroxylation sites is 1. The molecule has 0 spiro atoms. The number of carbonyl (C=O) groups is 1. The van der Waals surface area contributed by atoms with E-state index in [9.17, 15) is 4.79 Å². The number of halogens is 1. The molecule has 21 heavy (non-hydrogen) atoms. The molecular formula is C15H12ClN3O2. The lowest BCUT2D eigenvalue weighted by Gasteiger charge is -2.09. The number of carbonyl (C=O) groups excluding carboxylic acids is 1. The fourth-order valence-corrected chi connectivity index (χ4v) is 2.43. The first-order valence-corrected chi connectivity index (χ1v) is 6.81. The highest BCUT2D eigenvalue weighted by Crippen LogP contribution is 2.30. The number of hydrogen-bond donors (Lipinski definition) is 1. The van der Waals surface area contributed by atoms with E-state index in [2.05, 4.69) is 9.97 Å². The molecule has 0 radical (unpaired) electrons. The number of benzene rings is 1. The van der Waals surface area contributed by atoms with Crippen molar-refractivity contribution in [3.05, 3.63) is 41.0 Å². The number of esters is 1. The van der Waals surface area contributed by atoms with Crippen LogP contribution in [-0.2, 0) is 4.74 Å². The van der Waals surface area contributed by atoms with Crippen molar-refractivity contribution < 1.29 is 9.53 Å². The average molecular weight is 302 g/mol. The van der Waals surface area contributed by atoms with Crippen LogP contribution in [-0.4, -0.2) is 22.5 Å². The summed E-state index contributed by atoms with van der Waals surface area (Å²) in [5.74, 6) is -0.401. The highest BCUT2D eigenvalue weighted by atomic mass is 35.5. The van der Waals surface area contributed by atoms with Crippen molar-refractivity contribution in [1.82, 2.24) is 9.97 Å². The minimum Gasteiger partial charge on any atom is -0.462 e. The molecule has 0 bridgehead atoms. The van der Waals surface area contributed by atoms with Gasteiger partial charge in [-0.05, 0) is 19.1 Å². The highest BCUT2D eigenvalue weighted by molar-refractivity contribution is 6.35. The van der Waals surface area contributed by atoms with E-state index < -0.39 is 5.97 Å². The predicted molar refractivity (Wildman–Crippen MR) is 82.4 cm³/mol. The number of pyridine rings is 2. The zero-order valence-corrected chi connectivity index (χ0v) is 12.0. The van der Waals surface area contributed by atoms with Gasteiger partial charge in [-0.25, -0.2) is 14.8 Å². The summed E-state index contributed by atoms with van der Waals surface area (Å²) in [5, 5.41) is 1.69. The van der Waals surface area contributed by atoms with Gasteiger partial charge in [-0.1, -0.05) is 29.8 Å². The maximum Gasteiger partial charge on any atom is 0.341 e. The van der Waals surface area contributed by atoms with Crippen LogP contribution in [0.25, 0.3) is 21.8 Å². The Kier molecular flexibility index (Phi) is 3.35. The summed E-state index contributed by atoms with van der Waals surface area (Å²) < 4.78 is 4.96. The Bertz CT molecular complexity index is 864. The van der Waals surface area contributed by atoms with E-state index in [1.807, 2.05) is 24.3 Å². The second-order valence-electron chi connectivity index (χ2n) is 4.46. The van der Waals surface area contributed by atoms with Crippen LogP contribution in [0.2, 0.25) is 5.15 Å². The first-order chi connectivity index (χ1) is 10.1. The van der Waals surface area contributed by atoms with Crippen LogP contribution in [0.15, 0.2) is 30.3 Å². The molecule has 0 atom stereocenters. The van der Waals surface area contributed by atoms with Crippen molar-refractivity contribution in [1.29, 1.82) is 0 Å². The Balaban J connectivity index is 2.34. The lowest BCUT2D eigenvalue weighted by molar-refractivity contribution is 0.0527. The second-order valence-corrected chi connectivity index (χ2v) is 4.82. The van der Waals surface area contributed by atoms with Crippen molar-refractivity contribution in [2.45, 2.75) is 6.92 Å². The fraction of sp³-hybridized carbons (Fsp3) is 0.133. The number of nitrogens with two attached hydrogens (primary N) is 1. The molecule has 0 unspecified atom stereocenters. The molecule has 106 valence electrons. The molecule has 3 rings (SSSR count). The summed E-state index contributed by atoms with van der Waals surface area (Å²) in [7, 11) is 0. The van der Waals surface area contributed by atoms with E-state index in [1.165, 1.54) is 0 Å². The molecule has 0 aliphatic heterocycles. The van der Waals surface area contributed by atoms with Crippen LogP contribution in [0.4, 0.5) is 5.82 Å². The Labute approximate surface area is 125 Å². The van der Waals surface area contributed by atoms with Gasteiger partial charge in [0.2, 0.25) is 0 Å². The third-order valence-corrected chi connectivity index (χ3v) is 3.44. The van der Waals surface area contributed by atoms with Gasteiger partial charge in [0.05, 0.1) is 17.6 Å². The Morgan fingerprint density at radius 1 is 1.29 bits per heavy atom. The Morgan fingerprint density at radius 2 is 2.05 bits per heavy atom. The lowest BCUT2D eigenvalue weighted by atomic mass is 10.1. The molecule has 0 saturated heterocycles. The third kappa shape index (κ3) is 2.25. The fourth-order valence-electron chi connectivity index (χ4n) is 2.20. The molecule has 2 aromatic heterocycles. The summed E-state index contributed by atoms with van der Waals surface area (Å²) in [5.41, 5.74) is 7.43. The molecule has 0 aliphatic carbocycles. The molecule has 0 saturated carbocycles. The standard InChI is InChI=1S/C15H12ClN3O2/c1-2-21-15(20)10-7-9-12(19-14(10)17)8-5-3-4-6-11(8)18-13(9)16/h3-7H,2H2,1H3,(H2,17,19). The van der Waals surface area contributed by atoms with Gasteiger partial charge in [-0.15, -0.1) is 0 Å². The van der Waals surface area contributed by atoms with Crippen molar-refractivity contribution in [2.75, 3.05) is 12.3 Å². The van der Waals surface area contributed by atoms with E-state index in [1.54, 1.807) is 13.0 Å². The Morgan fingerprint density at radius 3 is 2.81 bits per heavy atom.